The molecule has 0 aliphatic rings. The summed E-state index contributed by atoms with van der Waals surface area (Å²) in [6.45, 7) is 2.46. The first-order chi connectivity index (χ1) is 10.2. The van der Waals surface area contributed by atoms with Gasteiger partial charge in [0, 0.05) is 25.4 Å². The van der Waals surface area contributed by atoms with Gasteiger partial charge >= 0.3 is 0 Å². The molecule has 21 heavy (non-hydrogen) atoms. The molecular formula is C15H23N5O. The highest BCUT2D eigenvalue weighted by molar-refractivity contribution is 5.44. The number of aliphatic hydroxyl groups excluding tert-OH is 1. The van der Waals surface area contributed by atoms with Crippen LogP contribution in [0.1, 0.15) is 17.7 Å². The van der Waals surface area contributed by atoms with E-state index < -0.39 is 0 Å². The second-order valence-corrected chi connectivity index (χ2v) is 5.34. The predicted octanol–water partition coefficient (Wildman–Crippen LogP) is 1.33. The Hall–Kier alpha value is -1.92. The maximum absolute atomic E-state index is 8.79. The SMILES string of the molecule is CN(C)Cc1ccc(NCc2cn(CCCO)nn2)cc1. The molecule has 2 rings (SSSR count). The van der Waals surface area contributed by atoms with E-state index in [2.05, 4.69) is 58.9 Å². The van der Waals surface area contributed by atoms with E-state index in [1.165, 1.54) is 5.56 Å². The Morgan fingerprint density at radius 2 is 2.00 bits per heavy atom. The third-order valence-electron chi connectivity index (χ3n) is 3.06. The second kappa shape index (κ2) is 7.75. The summed E-state index contributed by atoms with van der Waals surface area (Å²) >= 11 is 0. The van der Waals surface area contributed by atoms with Gasteiger partial charge in [0.15, 0.2) is 0 Å². The van der Waals surface area contributed by atoms with Crippen LogP contribution in [0.4, 0.5) is 5.69 Å². The number of nitrogens with one attached hydrogen (secondary N) is 1. The van der Waals surface area contributed by atoms with Crippen LogP contribution >= 0.6 is 0 Å². The van der Waals surface area contributed by atoms with E-state index in [9.17, 15) is 0 Å². The highest BCUT2D eigenvalue weighted by Crippen LogP contribution is 2.11. The second-order valence-electron chi connectivity index (χ2n) is 5.34. The molecule has 0 radical (unpaired) electrons. The third kappa shape index (κ3) is 5.17. The van der Waals surface area contributed by atoms with Crippen LogP contribution in [0.3, 0.4) is 0 Å². The molecule has 6 heteroatoms. The molecule has 1 aromatic heterocycles. The van der Waals surface area contributed by atoms with Gasteiger partial charge in [0.05, 0.1) is 12.7 Å². The summed E-state index contributed by atoms with van der Waals surface area (Å²) in [5.41, 5.74) is 3.26. The third-order valence-corrected chi connectivity index (χ3v) is 3.06. The molecule has 0 aliphatic carbocycles. The number of hydrogen-bond donors (Lipinski definition) is 2. The van der Waals surface area contributed by atoms with Crippen LogP contribution in [0.15, 0.2) is 30.5 Å². The number of aliphatic hydroxyl groups is 1. The van der Waals surface area contributed by atoms with Gasteiger partial charge in [-0.3, -0.25) is 4.68 Å². The average Bonchev–Trinajstić information content (AvgIpc) is 2.92. The number of aryl methyl sites for hydroxylation is 1. The Morgan fingerprint density at radius 3 is 2.67 bits per heavy atom. The van der Waals surface area contributed by atoms with Crippen molar-refractivity contribution in [2.45, 2.75) is 26.1 Å². The van der Waals surface area contributed by atoms with Gasteiger partial charge in [-0.15, -0.1) is 5.10 Å². The van der Waals surface area contributed by atoms with Crippen LogP contribution in [0, 0.1) is 0 Å². The molecule has 0 unspecified atom stereocenters. The Bertz CT molecular complexity index is 535. The normalized spacial score (nSPS) is 11.0. The minimum atomic E-state index is 0.173. The van der Waals surface area contributed by atoms with Gasteiger partial charge in [0.1, 0.15) is 5.69 Å². The van der Waals surface area contributed by atoms with Crippen LogP contribution in [0.2, 0.25) is 0 Å². The van der Waals surface area contributed by atoms with Crippen molar-refractivity contribution in [3.8, 4) is 0 Å². The van der Waals surface area contributed by atoms with E-state index in [0.717, 1.165) is 17.9 Å². The Labute approximate surface area is 125 Å². The van der Waals surface area contributed by atoms with Crippen molar-refractivity contribution in [2.24, 2.45) is 0 Å². The predicted molar refractivity (Wildman–Crippen MR) is 82.9 cm³/mol. The van der Waals surface area contributed by atoms with Crippen molar-refractivity contribution in [1.82, 2.24) is 19.9 Å². The summed E-state index contributed by atoms with van der Waals surface area (Å²) in [6, 6.07) is 8.41. The zero-order chi connectivity index (χ0) is 15.1. The number of aromatic nitrogens is 3. The summed E-state index contributed by atoms with van der Waals surface area (Å²) in [4.78, 5) is 2.15. The summed E-state index contributed by atoms with van der Waals surface area (Å²) in [6.07, 6.45) is 2.60. The lowest BCUT2D eigenvalue weighted by Gasteiger charge is -2.10. The number of rotatable bonds is 8. The molecule has 6 nitrogen and oxygen atoms in total. The maximum atomic E-state index is 8.79. The van der Waals surface area contributed by atoms with Crippen molar-refractivity contribution >= 4 is 5.69 Å². The molecular weight excluding hydrogens is 266 g/mol. The molecule has 2 aromatic rings. The summed E-state index contributed by atoms with van der Waals surface area (Å²) < 4.78 is 1.76. The fraction of sp³-hybridized carbons (Fsp3) is 0.467. The van der Waals surface area contributed by atoms with Crippen LogP contribution in [-0.4, -0.2) is 45.7 Å². The molecule has 0 amide bonds. The van der Waals surface area contributed by atoms with Gasteiger partial charge in [-0.05, 0) is 38.2 Å². The van der Waals surface area contributed by atoms with Crippen LogP contribution in [0.25, 0.3) is 0 Å². The zero-order valence-electron chi connectivity index (χ0n) is 12.7. The quantitative estimate of drug-likeness (QED) is 0.767. The molecule has 1 aromatic carbocycles. The molecule has 0 atom stereocenters. The smallest absolute Gasteiger partial charge is 0.102 e. The van der Waals surface area contributed by atoms with Gasteiger partial charge in [-0.2, -0.15) is 0 Å². The molecule has 0 saturated heterocycles. The standard InChI is InChI=1S/C15H23N5O/c1-19(2)11-13-4-6-14(7-5-13)16-10-15-12-20(18-17-15)8-3-9-21/h4-7,12,16,21H,3,8-11H2,1-2H3. The van der Waals surface area contributed by atoms with E-state index in [1.54, 1.807) is 4.68 Å². The van der Waals surface area contributed by atoms with E-state index >= 15 is 0 Å². The molecule has 0 saturated carbocycles. The van der Waals surface area contributed by atoms with Gasteiger partial charge in [0.25, 0.3) is 0 Å². The fourth-order valence-electron chi connectivity index (χ4n) is 2.05. The maximum Gasteiger partial charge on any atom is 0.102 e. The number of hydrogen-bond acceptors (Lipinski definition) is 5. The van der Waals surface area contributed by atoms with Crippen molar-refractivity contribution in [1.29, 1.82) is 0 Å². The number of anilines is 1. The van der Waals surface area contributed by atoms with Gasteiger partial charge in [-0.25, -0.2) is 0 Å². The monoisotopic (exact) mass is 289 g/mol. The van der Waals surface area contributed by atoms with Crippen molar-refractivity contribution in [3.05, 3.63) is 41.7 Å². The highest BCUT2D eigenvalue weighted by Gasteiger charge is 2.01. The van der Waals surface area contributed by atoms with Crippen molar-refractivity contribution < 1.29 is 5.11 Å². The van der Waals surface area contributed by atoms with E-state index in [1.807, 2.05) is 6.20 Å². The average molecular weight is 289 g/mol. The topological polar surface area (TPSA) is 66.2 Å². The van der Waals surface area contributed by atoms with E-state index in [-0.39, 0.29) is 6.61 Å². The molecule has 0 fully saturated rings. The molecule has 0 aliphatic heterocycles. The Kier molecular flexibility index (Phi) is 5.71. The van der Waals surface area contributed by atoms with Gasteiger partial charge < -0.3 is 15.3 Å². The van der Waals surface area contributed by atoms with Gasteiger partial charge in [-0.1, -0.05) is 17.3 Å². The summed E-state index contributed by atoms with van der Waals surface area (Å²) in [5, 5.41) is 20.2. The Balaban J connectivity index is 1.83. The molecule has 0 spiro atoms. The first-order valence-electron chi connectivity index (χ1n) is 7.15. The summed E-state index contributed by atoms with van der Waals surface area (Å²) in [7, 11) is 4.12. The lowest BCUT2D eigenvalue weighted by Crippen LogP contribution is -2.10. The largest absolute Gasteiger partial charge is 0.396 e. The van der Waals surface area contributed by atoms with Crippen LogP contribution in [-0.2, 0) is 19.6 Å². The first-order valence-corrected chi connectivity index (χ1v) is 7.15. The first kappa shape index (κ1) is 15.5. The van der Waals surface area contributed by atoms with Crippen molar-refractivity contribution in [2.75, 3.05) is 26.0 Å². The lowest BCUT2D eigenvalue weighted by molar-refractivity contribution is 0.276. The van der Waals surface area contributed by atoms with Crippen molar-refractivity contribution in [3.63, 3.8) is 0 Å². The number of benzene rings is 1. The minimum absolute atomic E-state index is 0.173. The highest BCUT2D eigenvalue weighted by atomic mass is 16.3. The molecule has 0 bridgehead atoms. The minimum Gasteiger partial charge on any atom is -0.396 e. The summed E-state index contributed by atoms with van der Waals surface area (Å²) in [5.74, 6) is 0. The van der Waals surface area contributed by atoms with Crippen LogP contribution in [0.5, 0.6) is 0 Å². The zero-order valence-corrected chi connectivity index (χ0v) is 12.7. The molecule has 1 heterocycles. The lowest BCUT2D eigenvalue weighted by atomic mass is 10.2. The number of nitrogens with zero attached hydrogens (tertiary/aromatic N) is 4. The van der Waals surface area contributed by atoms with Crippen LogP contribution < -0.4 is 5.32 Å². The molecule has 2 N–H and O–H groups in total. The fourth-order valence-corrected chi connectivity index (χ4v) is 2.05. The molecule has 114 valence electrons. The Morgan fingerprint density at radius 1 is 1.24 bits per heavy atom. The van der Waals surface area contributed by atoms with E-state index in [4.69, 9.17) is 5.11 Å². The van der Waals surface area contributed by atoms with Gasteiger partial charge in [0.2, 0.25) is 0 Å². The van der Waals surface area contributed by atoms with E-state index in [0.29, 0.717) is 19.5 Å².